The van der Waals surface area contributed by atoms with Crippen LogP contribution < -0.4 is 11.1 Å². The van der Waals surface area contributed by atoms with Gasteiger partial charge in [0.1, 0.15) is 0 Å². The van der Waals surface area contributed by atoms with E-state index in [2.05, 4.69) is 41.2 Å². The van der Waals surface area contributed by atoms with Gasteiger partial charge in [-0.2, -0.15) is 0 Å². The number of hydrogen-bond donors (Lipinski definition) is 2. The second-order valence-corrected chi connectivity index (χ2v) is 5.85. The van der Waals surface area contributed by atoms with Crippen molar-refractivity contribution in [3.8, 4) is 0 Å². The van der Waals surface area contributed by atoms with Crippen LogP contribution in [-0.4, -0.2) is 50.3 Å². The molecule has 1 aromatic carbocycles. The molecule has 1 saturated heterocycles. The van der Waals surface area contributed by atoms with Gasteiger partial charge in [0, 0.05) is 25.3 Å². The summed E-state index contributed by atoms with van der Waals surface area (Å²) in [5, 5.41) is 3.15. The lowest BCUT2D eigenvalue weighted by atomic mass is 10.1. The number of unbranched alkanes of at least 4 members (excludes halogenated alkanes) is 1. The van der Waals surface area contributed by atoms with E-state index >= 15 is 0 Å². The predicted octanol–water partition coefficient (Wildman–Crippen LogP) is 2.76. The Hall–Kier alpha value is -0.860. The number of rotatable bonds is 6. The Labute approximate surface area is 156 Å². The van der Waals surface area contributed by atoms with Gasteiger partial charge in [0.15, 0.2) is 5.96 Å². The molecular formula is C17H29IN4O. The summed E-state index contributed by atoms with van der Waals surface area (Å²) in [6.07, 6.45) is 2.22. The number of guanidine groups is 1. The van der Waals surface area contributed by atoms with Gasteiger partial charge in [0.25, 0.3) is 0 Å². The first-order valence-electron chi connectivity index (χ1n) is 8.09. The first-order valence-corrected chi connectivity index (χ1v) is 8.09. The maximum atomic E-state index is 5.93. The molecular weight excluding hydrogens is 403 g/mol. The number of anilines is 1. The van der Waals surface area contributed by atoms with Crippen LogP contribution in [0.15, 0.2) is 23.2 Å². The van der Waals surface area contributed by atoms with Gasteiger partial charge in [-0.3, -0.25) is 9.89 Å². The van der Waals surface area contributed by atoms with Crippen LogP contribution in [0.25, 0.3) is 0 Å². The number of aryl methyl sites for hydroxylation is 2. The molecule has 6 heteroatoms. The molecule has 0 unspecified atom stereocenters. The highest BCUT2D eigenvalue weighted by Crippen LogP contribution is 2.13. The number of aliphatic imine (C=N–C) groups is 1. The van der Waals surface area contributed by atoms with Crippen molar-refractivity contribution in [2.75, 3.05) is 44.7 Å². The van der Waals surface area contributed by atoms with Crippen molar-refractivity contribution in [1.29, 1.82) is 0 Å². The highest BCUT2D eigenvalue weighted by molar-refractivity contribution is 14.0. The number of ether oxygens (including phenoxy) is 1. The van der Waals surface area contributed by atoms with Crippen molar-refractivity contribution in [3.63, 3.8) is 0 Å². The number of hydrogen-bond acceptors (Lipinski definition) is 3. The highest BCUT2D eigenvalue weighted by Gasteiger charge is 2.08. The molecule has 0 bridgehead atoms. The molecule has 5 nitrogen and oxygen atoms in total. The average molecular weight is 432 g/mol. The van der Waals surface area contributed by atoms with Crippen LogP contribution in [0.1, 0.15) is 24.0 Å². The van der Waals surface area contributed by atoms with Crippen molar-refractivity contribution in [1.82, 2.24) is 4.90 Å². The van der Waals surface area contributed by atoms with Crippen LogP contribution in [0.4, 0.5) is 5.69 Å². The zero-order valence-corrected chi connectivity index (χ0v) is 16.5. The summed E-state index contributed by atoms with van der Waals surface area (Å²) < 4.78 is 5.34. The van der Waals surface area contributed by atoms with Gasteiger partial charge in [-0.05, 0) is 56.5 Å². The van der Waals surface area contributed by atoms with Crippen molar-refractivity contribution >= 4 is 35.6 Å². The van der Waals surface area contributed by atoms with E-state index in [0.717, 1.165) is 57.9 Å². The van der Waals surface area contributed by atoms with Crippen molar-refractivity contribution in [2.24, 2.45) is 10.7 Å². The van der Waals surface area contributed by atoms with E-state index in [4.69, 9.17) is 10.5 Å². The molecule has 2 rings (SSSR count). The predicted molar refractivity (Wildman–Crippen MR) is 108 cm³/mol. The monoisotopic (exact) mass is 432 g/mol. The maximum absolute atomic E-state index is 5.93. The third-order valence-electron chi connectivity index (χ3n) is 4.05. The Morgan fingerprint density at radius 2 is 1.96 bits per heavy atom. The number of nitrogens with one attached hydrogen (secondary N) is 1. The molecule has 23 heavy (non-hydrogen) atoms. The Bertz CT molecular complexity index is 501. The van der Waals surface area contributed by atoms with Crippen LogP contribution in [0, 0.1) is 13.8 Å². The molecule has 0 aromatic heterocycles. The van der Waals surface area contributed by atoms with Crippen molar-refractivity contribution in [2.45, 2.75) is 26.7 Å². The number of benzene rings is 1. The van der Waals surface area contributed by atoms with E-state index in [0.29, 0.717) is 5.96 Å². The Morgan fingerprint density at radius 3 is 2.65 bits per heavy atom. The molecule has 0 saturated carbocycles. The summed E-state index contributed by atoms with van der Waals surface area (Å²) in [6, 6.07) is 6.21. The molecule has 0 radical (unpaired) electrons. The molecule has 1 heterocycles. The first-order chi connectivity index (χ1) is 10.6. The van der Waals surface area contributed by atoms with E-state index in [-0.39, 0.29) is 24.0 Å². The molecule has 1 aliphatic heterocycles. The van der Waals surface area contributed by atoms with Crippen molar-refractivity contribution in [3.05, 3.63) is 29.3 Å². The smallest absolute Gasteiger partial charge is 0.193 e. The standard InChI is InChI=1S/C17H28N4O.HI/c1-14-5-6-16(13-15(14)2)20-17(18)19-7-3-4-8-21-9-11-22-12-10-21;/h5-6,13H,3-4,7-12H2,1-2H3,(H3,18,19,20);1H. The van der Waals surface area contributed by atoms with Crippen LogP contribution >= 0.6 is 24.0 Å². The fourth-order valence-electron chi connectivity index (χ4n) is 2.48. The van der Waals surface area contributed by atoms with Gasteiger partial charge in [0.05, 0.1) is 13.2 Å². The summed E-state index contributed by atoms with van der Waals surface area (Å²) in [6.45, 7) is 9.94. The first kappa shape index (κ1) is 20.2. The average Bonchev–Trinajstić information content (AvgIpc) is 2.52. The summed E-state index contributed by atoms with van der Waals surface area (Å²) in [5.41, 5.74) is 9.46. The third-order valence-corrected chi connectivity index (χ3v) is 4.05. The SMILES string of the molecule is Cc1ccc(NC(N)=NCCCCN2CCOCC2)cc1C.I. The fraction of sp³-hybridized carbons (Fsp3) is 0.588. The minimum atomic E-state index is 0. The number of nitrogens with zero attached hydrogens (tertiary/aromatic N) is 2. The Kier molecular flexibility index (Phi) is 9.50. The minimum absolute atomic E-state index is 0. The van der Waals surface area contributed by atoms with Gasteiger partial charge in [0.2, 0.25) is 0 Å². The van der Waals surface area contributed by atoms with Crippen LogP contribution in [0.5, 0.6) is 0 Å². The quantitative estimate of drug-likeness (QED) is 0.314. The molecule has 0 amide bonds. The van der Waals surface area contributed by atoms with E-state index in [1.807, 2.05) is 6.07 Å². The van der Waals surface area contributed by atoms with Gasteiger partial charge in [-0.1, -0.05) is 6.07 Å². The Balaban J connectivity index is 0.00000264. The van der Waals surface area contributed by atoms with Crippen LogP contribution in [-0.2, 0) is 4.74 Å². The third kappa shape index (κ3) is 7.50. The summed E-state index contributed by atoms with van der Waals surface area (Å²) in [4.78, 5) is 6.84. The topological polar surface area (TPSA) is 62.9 Å². The highest BCUT2D eigenvalue weighted by atomic mass is 127. The number of nitrogens with two attached hydrogens (primary N) is 1. The lowest BCUT2D eigenvalue weighted by Gasteiger charge is -2.26. The Morgan fingerprint density at radius 1 is 1.22 bits per heavy atom. The zero-order chi connectivity index (χ0) is 15.8. The molecule has 0 aliphatic carbocycles. The van der Waals surface area contributed by atoms with Gasteiger partial charge >= 0.3 is 0 Å². The van der Waals surface area contributed by atoms with Crippen molar-refractivity contribution < 1.29 is 4.74 Å². The largest absolute Gasteiger partial charge is 0.379 e. The normalized spacial score (nSPS) is 16.0. The van der Waals surface area contributed by atoms with E-state index in [1.54, 1.807) is 0 Å². The van der Waals surface area contributed by atoms with Gasteiger partial charge in [-0.25, -0.2) is 0 Å². The van der Waals surface area contributed by atoms with Crippen LogP contribution in [0.3, 0.4) is 0 Å². The molecule has 3 N–H and O–H groups in total. The molecule has 130 valence electrons. The number of morpholine rings is 1. The molecule has 0 atom stereocenters. The summed E-state index contributed by atoms with van der Waals surface area (Å²) in [5.74, 6) is 0.495. The van der Waals surface area contributed by atoms with Crippen LogP contribution in [0.2, 0.25) is 0 Å². The summed E-state index contributed by atoms with van der Waals surface area (Å²) in [7, 11) is 0. The molecule has 0 spiro atoms. The molecule has 1 aliphatic rings. The van der Waals surface area contributed by atoms with E-state index in [1.165, 1.54) is 11.1 Å². The van der Waals surface area contributed by atoms with Gasteiger partial charge < -0.3 is 15.8 Å². The summed E-state index contributed by atoms with van der Waals surface area (Å²) >= 11 is 0. The van der Waals surface area contributed by atoms with Gasteiger partial charge in [-0.15, -0.1) is 24.0 Å². The molecule has 1 fully saturated rings. The number of halogens is 1. The second-order valence-electron chi connectivity index (χ2n) is 5.85. The zero-order valence-electron chi connectivity index (χ0n) is 14.2. The minimum Gasteiger partial charge on any atom is -0.379 e. The lowest BCUT2D eigenvalue weighted by Crippen LogP contribution is -2.36. The fourth-order valence-corrected chi connectivity index (χ4v) is 2.48. The molecule has 1 aromatic rings. The van der Waals surface area contributed by atoms with E-state index < -0.39 is 0 Å². The van der Waals surface area contributed by atoms with E-state index in [9.17, 15) is 0 Å². The second kappa shape index (κ2) is 10.8. The maximum Gasteiger partial charge on any atom is 0.193 e. The lowest BCUT2D eigenvalue weighted by molar-refractivity contribution is 0.0373.